The number of rotatable bonds is 4. The Bertz CT molecular complexity index is 1080. The summed E-state index contributed by atoms with van der Waals surface area (Å²) in [6.45, 7) is 5.85. The Morgan fingerprint density at radius 2 is 1.25 bits per heavy atom. The van der Waals surface area contributed by atoms with Crippen molar-refractivity contribution in [2.75, 3.05) is 0 Å². The van der Waals surface area contributed by atoms with Crippen molar-refractivity contribution in [2.24, 2.45) is 7.05 Å². The van der Waals surface area contributed by atoms with Gasteiger partial charge in [0.1, 0.15) is 0 Å². The molecule has 0 aliphatic heterocycles. The predicted molar refractivity (Wildman–Crippen MR) is 94.7 cm³/mol. The second-order valence-electron chi connectivity index (χ2n) is 6.66. The minimum atomic E-state index is -0.572. The Labute approximate surface area is 137 Å². The lowest BCUT2D eigenvalue weighted by Gasteiger charge is -2.28. The van der Waals surface area contributed by atoms with Crippen LogP contribution < -0.4 is 22.2 Å². The van der Waals surface area contributed by atoms with Crippen molar-refractivity contribution in [1.29, 1.82) is 0 Å². The highest BCUT2D eigenvalue weighted by molar-refractivity contribution is 5.97. The fourth-order valence-corrected chi connectivity index (χ4v) is 3.57. The van der Waals surface area contributed by atoms with E-state index >= 15 is 0 Å². The van der Waals surface area contributed by atoms with Gasteiger partial charge in [0.05, 0.1) is 21.5 Å². The first-order valence-electron chi connectivity index (χ1n) is 8.16. The highest BCUT2D eigenvalue weighted by Gasteiger charge is 2.30. The topological polar surface area (TPSA) is 78.1 Å². The molecule has 1 atom stereocenters. The van der Waals surface area contributed by atoms with Crippen LogP contribution in [0.3, 0.4) is 0 Å². The van der Waals surface area contributed by atoms with Gasteiger partial charge in [-0.2, -0.15) is 0 Å². The Morgan fingerprint density at radius 1 is 0.833 bits per heavy atom. The summed E-state index contributed by atoms with van der Waals surface area (Å²) in [5.74, 6) is 0. The molecule has 2 aromatic heterocycles. The zero-order valence-corrected chi connectivity index (χ0v) is 14.3. The van der Waals surface area contributed by atoms with Crippen molar-refractivity contribution in [3.05, 3.63) is 53.5 Å². The molecule has 1 aromatic carbocycles. The summed E-state index contributed by atoms with van der Waals surface area (Å²) in [5, 5.41) is 0.813. The molecule has 2 heterocycles. The number of hydrogen-bond acceptors (Lipinski definition) is 4. The van der Waals surface area contributed by atoms with Crippen LogP contribution in [0.15, 0.2) is 31.3 Å². The van der Waals surface area contributed by atoms with Gasteiger partial charge in [0.15, 0.2) is 0 Å². The quantitative estimate of drug-likeness (QED) is 0.725. The molecular formula is C18H20N2O4. The van der Waals surface area contributed by atoms with Gasteiger partial charge in [-0.25, -0.2) is 0 Å². The Kier molecular flexibility index (Phi) is 3.59. The molecule has 6 heteroatoms. The van der Waals surface area contributed by atoms with E-state index in [0.29, 0.717) is 12.8 Å². The summed E-state index contributed by atoms with van der Waals surface area (Å²) in [6.07, 6.45) is 2.19. The smallest absolute Gasteiger partial charge is 0.262 e. The minimum absolute atomic E-state index is 0.193. The van der Waals surface area contributed by atoms with Gasteiger partial charge in [0, 0.05) is 12.6 Å². The number of hydrogen-bond donors (Lipinski definition) is 0. The second-order valence-corrected chi connectivity index (χ2v) is 6.66. The molecule has 0 N–H and O–H groups in total. The van der Waals surface area contributed by atoms with E-state index in [4.69, 9.17) is 0 Å². The Balaban J connectivity index is 2.49. The van der Waals surface area contributed by atoms with E-state index in [0.717, 1.165) is 11.0 Å². The highest BCUT2D eigenvalue weighted by Crippen LogP contribution is 2.25. The van der Waals surface area contributed by atoms with Gasteiger partial charge in [-0.05, 0) is 31.9 Å². The summed E-state index contributed by atoms with van der Waals surface area (Å²) < 4.78 is 2.30. The van der Waals surface area contributed by atoms with Gasteiger partial charge in [-0.3, -0.25) is 28.3 Å². The first-order chi connectivity index (χ1) is 11.3. The average molecular weight is 328 g/mol. The van der Waals surface area contributed by atoms with Crippen molar-refractivity contribution in [3.8, 4) is 0 Å². The first kappa shape index (κ1) is 16.4. The third-order valence-corrected chi connectivity index (χ3v) is 5.18. The molecule has 0 aliphatic carbocycles. The molecule has 6 nitrogen and oxygen atoms in total. The molecule has 0 radical (unpaired) electrons. The van der Waals surface area contributed by atoms with Gasteiger partial charge < -0.3 is 0 Å². The van der Waals surface area contributed by atoms with Crippen molar-refractivity contribution >= 4 is 21.5 Å². The third kappa shape index (κ3) is 1.95. The van der Waals surface area contributed by atoms with Crippen LogP contribution in [0.2, 0.25) is 0 Å². The number of aromatic nitrogens is 2. The monoisotopic (exact) mass is 328 g/mol. The van der Waals surface area contributed by atoms with Gasteiger partial charge in [-0.1, -0.05) is 20.3 Å². The summed E-state index contributed by atoms with van der Waals surface area (Å²) >= 11 is 0. The van der Waals surface area contributed by atoms with Crippen LogP contribution in [-0.4, -0.2) is 9.13 Å². The first-order valence-corrected chi connectivity index (χ1v) is 8.16. The van der Waals surface area contributed by atoms with Crippen molar-refractivity contribution in [3.63, 3.8) is 0 Å². The molecule has 0 saturated carbocycles. The molecule has 0 saturated heterocycles. The Hall–Kier alpha value is -2.50. The van der Waals surface area contributed by atoms with E-state index < -0.39 is 16.7 Å². The maximum Gasteiger partial charge on any atom is 0.262 e. The summed E-state index contributed by atoms with van der Waals surface area (Å²) in [7, 11) is 1.39. The van der Waals surface area contributed by atoms with E-state index in [1.165, 1.54) is 23.7 Å². The van der Waals surface area contributed by atoms with Gasteiger partial charge in [0.2, 0.25) is 0 Å². The maximum atomic E-state index is 12.9. The van der Waals surface area contributed by atoms with Gasteiger partial charge in [-0.15, -0.1) is 0 Å². The molecule has 0 bridgehead atoms. The fraction of sp³-hybridized carbons (Fsp3) is 0.444. The van der Waals surface area contributed by atoms with Crippen LogP contribution in [0, 0.1) is 0 Å². The molecular weight excluding hydrogens is 308 g/mol. The van der Waals surface area contributed by atoms with Crippen molar-refractivity contribution in [1.82, 2.24) is 9.13 Å². The van der Waals surface area contributed by atoms with Crippen LogP contribution in [0.1, 0.15) is 40.0 Å². The lowest BCUT2D eigenvalue weighted by molar-refractivity contribution is 0.268. The van der Waals surface area contributed by atoms with Crippen LogP contribution in [0.5, 0.6) is 0 Å². The van der Waals surface area contributed by atoms with E-state index in [-0.39, 0.29) is 32.7 Å². The summed E-state index contributed by atoms with van der Waals surface area (Å²) in [6, 6.07) is 2.80. The van der Waals surface area contributed by atoms with E-state index in [1.54, 1.807) is 0 Å². The largest absolute Gasteiger partial charge is 0.277 e. The maximum absolute atomic E-state index is 12.9. The molecule has 0 fully saturated rings. The van der Waals surface area contributed by atoms with Crippen molar-refractivity contribution in [2.45, 2.75) is 45.6 Å². The van der Waals surface area contributed by atoms with Crippen LogP contribution in [0.4, 0.5) is 0 Å². The molecule has 0 amide bonds. The fourth-order valence-electron chi connectivity index (χ4n) is 3.57. The highest BCUT2D eigenvalue weighted by atomic mass is 16.2. The molecule has 3 aromatic rings. The summed E-state index contributed by atoms with van der Waals surface area (Å²) in [5.41, 5.74) is -2.22. The molecule has 0 spiro atoms. The SMILES string of the molecule is CCCC(C)(CC)n1c(=O)c2cc3c(=O)n(C)c(=O)c3cc2c1=O. The van der Waals surface area contributed by atoms with E-state index in [2.05, 4.69) is 0 Å². The standard InChI is InChI=1S/C18H20N2O4/c1-5-7-18(3,6-2)20-16(23)12-8-10-11(9-13(12)17(20)24)15(22)19(4)14(10)21/h8-9H,5-7H2,1-4H3. The van der Waals surface area contributed by atoms with Crippen LogP contribution in [-0.2, 0) is 12.6 Å². The lowest BCUT2D eigenvalue weighted by Crippen LogP contribution is -2.42. The average Bonchev–Trinajstić information content (AvgIpc) is 2.93. The third-order valence-electron chi connectivity index (χ3n) is 5.18. The lowest BCUT2D eigenvalue weighted by atomic mass is 9.93. The van der Waals surface area contributed by atoms with Crippen LogP contribution in [0.25, 0.3) is 21.5 Å². The number of benzene rings is 1. The zero-order valence-electron chi connectivity index (χ0n) is 14.3. The Morgan fingerprint density at radius 3 is 1.62 bits per heavy atom. The molecule has 126 valence electrons. The van der Waals surface area contributed by atoms with E-state index in [1.807, 2.05) is 20.8 Å². The molecule has 1 unspecified atom stereocenters. The number of nitrogens with zero attached hydrogens (tertiary/aromatic N) is 2. The predicted octanol–water partition coefficient (Wildman–Crippen LogP) is 1.37. The second kappa shape index (κ2) is 5.26. The molecule has 24 heavy (non-hydrogen) atoms. The van der Waals surface area contributed by atoms with Crippen molar-refractivity contribution < 1.29 is 0 Å². The van der Waals surface area contributed by atoms with Gasteiger partial charge in [0.25, 0.3) is 22.2 Å². The van der Waals surface area contributed by atoms with Gasteiger partial charge >= 0.3 is 0 Å². The minimum Gasteiger partial charge on any atom is -0.277 e. The van der Waals surface area contributed by atoms with E-state index in [9.17, 15) is 19.2 Å². The molecule has 0 aliphatic rings. The number of fused-ring (bicyclic) bond motifs is 2. The molecule has 3 rings (SSSR count). The normalized spacial score (nSPS) is 14.5. The summed E-state index contributed by atoms with van der Waals surface area (Å²) in [4.78, 5) is 50.0. The zero-order chi connectivity index (χ0) is 17.8. The van der Waals surface area contributed by atoms with Crippen LogP contribution >= 0.6 is 0 Å².